The molecule has 0 spiro atoms. The van der Waals surface area contributed by atoms with Crippen LogP contribution in [0.2, 0.25) is 0 Å². The van der Waals surface area contributed by atoms with Gasteiger partial charge in [-0.1, -0.05) is 34.6 Å². The van der Waals surface area contributed by atoms with Gasteiger partial charge in [-0.25, -0.2) is 0 Å². The van der Waals surface area contributed by atoms with Crippen molar-refractivity contribution in [3.63, 3.8) is 0 Å². The molecular weight excluding hydrogens is 202 g/mol. The van der Waals surface area contributed by atoms with Gasteiger partial charge in [0, 0.05) is 19.1 Å². The maximum atomic E-state index is 11.7. The Kier molecular flexibility index (Phi) is 6.65. The Hall–Kier alpha value is -0.570. The average Bonchev–Trinajstić information content (AvgIpc) is 2.22. The van der Waals surface area contributed by atoms with E-state index in [2.05, 4.69) is 33.0 Å². The van der Waals surface area contributed by atoms with Gasteiger partial charge in [-0.3, -0.25) is 4.79 Å². The molecule has 0 rings (SSSR count). The lowest BCUT2D eigenvalue weighted by Gasteiger charge is -2.26. The van der Waals surface area contributed by atoms with Crippen molar-refractivity contribution in [2.75, 3.05) is 13.2 Å². The number of amides is 1. The molecule has 1 unspecified atom stereocenters. The molecule has 1 amide bonds. The summed E-state index contributed by atoms with van der Waals surface area (Å²) < 4.78 is 0. The minimum atomic E-state index is 0.0636. The van der Waals surface area contributed by atoms with Crippen LogP contribution in [0.15, 0.2) is 0 Å². The maximum Gasteiger partial charge on any atom is 0.223 e. The number of nitrogens with one attached hydrogen (secondary N) is 1. The molecule has 3 heteroatoms. The van der Waals surface area contributed by atoms with Gasteiger partial charge in [-0.15, -0.1) is 0 Å². The molecule has 2 N–H and O–H groups in total. The van der Waals surface area contributed by atoms with Gasteiger partial charge in [-0.2, -0.15) is 0 Å². The van der Waals surface area contributed by atoms with Gasteiger partial charge < -0.3 is 10.4 Å². The van der Waals surface area contributed by atoms with Crippen LogP contribution in [0, 0.1) is 17.3 Å². The van der Waals surface area contributed by atoms with Crippen molar-refractivity contribution in [2.24, 2.45) is 17.3 Å². The molecule has 0 aliphatic heterocycles. The molecule has 0 saturated carbocycles. The standard InChI is InChI=1S/C13H27NO2/c1-10(2)11(3)12(16)14-9-13(4,5)7-6-8-15/h10-11,15H,6-9H2,1-5H3,(H,14,16). The minimum absolute atomic E-state index is 0.0636. The summed E-state index contributed by atoms with van der Waals surface area (Å²) in [6.45, 7) is 11.2. The first kappa shape index (κ1) is 15.4. The van der Waals surface area contributed by atoms with Gasteiger partial charge >= 0.3 is 0 Å². The first-order chi connectivity index (χ1) is 7.30. The summed E-state index contributed by atoms with van der Waals surface area (Å²) in [5.41, 5.74) is 0.0646. The summed E-state index contributed by atoms with van der Waals surface area (Å²) >= 11 is 0. The third kappa shape index (κ3) is 6.11. The van der Waals surface area contributed by atoms with Gasteiger partial charge in [0.15, 0.2) is 0 Å². The van der Waals surface area contributed by atoms with Gasteiger partial charge in [0.2, 0.25) is 5.91 Å². The van der Waals surface area contributed by atoms with Crippen LogP contribution in [0.25, 0.3) is 0 Å². The zero-order valence-corrected chi connectivity index (χ0v) is 11.3. The van der Waals surface area contributed by atoms with Gasteiger partial charge in [-0.05, 0) is 24.2 Å². The highest BCUT2D eigenvalue weighted by Gasteiger charge is 2.21. The number of carbonyl (C=O) groups is 1. The van der Waals surface area contributed by atoms with Crippen molar-refractivity contribution >= 4 is 5.91 Å². The van der Waals surface area contributed by atoms with Crippen LogP contribution in [0.1, 0.15) is 47.5 Å². The lowest BCUT2D eigenvalue weighted by molar-refractivity contribution is -0.126. The van der Waals surface area contributed by atoms with Crippen LogP contribution in [0.3, 0.4) is 0 Å². The highest BCUT2D eigenvalue weighted by atomic mass is 16.2. The highest BCUT2D eigenvalue weighted by molar-refractivity contribution is 5.78. The van der Waals surface area contributed by atoms with E-state index in [1.807, 2.05) is 6.92 Å². The maximum absolute atomic E-state index is 11.7. The smallest absolute Gasteiger partial charge is 0.223 e. The van der Waals surface area contributed by atoms with Gasteiger partial charge in [0.25, 0.3) is 0 Å². The summed E-state index contributed by atoms with van der Waals surface area (Å²) in [4.78, 5) is 11.7. The van der Waals surface area contributed by atoms with E-state index >= 15 is 0 Å². The Morgan fingerprint density at radius 2 is 1.88 bits per heavy atom. The van der Waals surface area contributed by atoms with Crippen molar-refractivity contribution in [2.45, 2.75) is 47.5 Å². The third-order valence-electron chi connectivity index (χ3n) is 3.17. The first-order valence-corrected chi connectivity index (χ1v) is 6.19. The van der Waals surface area contributed by atoms with Crippen LogP contribution in [0.5, 0.6) is 0 Å². The molecule has 0 saturated heterocycles. The lowest BCUT2D eigenvalue weighted by atomic mass is 9.87. The minimum Gasteiger partial charge on any atom is -0.396 e. The van der Waals surface area contributed by atoms with E-state index in [9.17, 15) is 4.79 Å². The van der Waals surface area contributed by atoms with Crippen LogP contribution in [0.4, 0.5) is 0 Å². The van der Waals surface area contributed by atoms with E-state index in [1.165, 1.54) is 0 Å². The number of aliphatic hydroxyl groups is 1. The number of aliphatic hydroxyl groups excluding tert-OH is 1. The van der Waals surface area contributed by atoms with Crippen molar-refractivity contribution in [3.8, 4) is 0 Å². The molecular formula is C13H27NO2. The van der Waals surface area contributed by atoms with Crippen LogP contribution >= 0.6 is 0 Å². The first-order valence-electron chi connectivity index (χ1n) is 6.19. The lowest BCUT2D eigenvalue weighted by Crippen LogP contribution is -2.38. The molecule has 16 heavy (non-hydrogen) atoms. The quantitative estimate of drug-likeness (QED) is 0.703. The average molecular weight is 229 g/mol. The molecule has 0 aromatic rings. The molecule has 0 aliphatic carbocycles. The second kappa shape index (κ2) is 6.89. The predicted octanol–water partition coefficient (Wildman–Crippen LogP) is 2.19. The summed E-state index contributed by atoms with van der Waals surface area (Å²) in [5.74, 6) is 0.571. The predicted molar refractivity (Wildman–Crippen MR) is 67.1 cm³/mol. The fourth-order valence-electron chi connectivity index (χ4n) is 1.44. The summed E-state index contributed by atoms with van der Waals surface area (Å²) in [5, 5.41) is 11.8. The van der Waals surface area contributed by atoms with E-state index in [0.29, 0.717) is 12.5 Å². The summed E-state index contributed by atoms with van der Waals surface area (Å²) in [7, 11) is 0. The van der Waals surface area contributed by atoms with Crippen LogP contribution < -0.4 is 5.32 Å². The van der Waals surface area contributed by atoms with Crippen molar-refractivity contribution in [3.05, 3.63) is 0 Å². The van der Waals surface area contributed by atoms with Crippen molar-refractivity contribution in [1.82, 2.24) is 5.32 Å². The summed E-state index contributed by atoms with van der Waals surface area (Å²) in [6.07, 6.45) is 1.72. The zero-order chi connectivity index (χ0) is 12.8. The second-order valence-electron chi connectivity index (χ2n) is 5.74. The molecule has 0 radical (unpaired) electrons. The molecule has 96 valence electrons. The number of rotatable bonds is 7. The SMILES string of the molecule is CC(C)C(C)C(=O)NCC(C)(C)CCCO. The molecule has 1 atom stereocenters. The van der Waals surface area contributed by atoms with E-state index in [4.69, 9.17) is 5.11 Å². The van der Waals surface area contributed by atoms with Gasteiger partial charge in [0.1, 0.15) is 0 Å². The Labute approximate surface area is 99.6 Å². The van der Waals surface area contributed by atoms with Crippen LogP contribution in [-0.4, -0.2) is 24.2 Å². The Bertz CT molecular complexity index is 212. The van der Waals surface area contributed by atoms with E-state index in [0.717, 1.165) is 12.8 Å². The van der Waals surface area contributed by atoms with Crippen molar-refractivity contribution < 1.29 is 9.90 Å². The highest BCUT2D eigenvalue weighted by Crippen LogP contribution is 2.21. The van der Waals surface area contributed by atoms with Gasteiger partial charge in [0.05, 0.1) is 0 Å². The largest absolute Gasteiger partial charge is 0.396 e. The second-order valence-corrected chi connectivity index (χ2v) is 5.74. The fourth-order valence-corrected chi connectivity index (χ4v) is 1.44. The molecule has 0 heterocycles. The third-order valence-corrected chi connectivity index (χ3v) is 3.17. The van der Waals surface area contributed by atoms with E-state index in [1.54, 1.807) is 0 Å². The van der Waals surface area contributed by atoms with Crippen LogP contribution in [-0.2, 0) is 4.79 Å². The molecule has 0 bridgehead atoms. The molecule has 3 nitrogen and oxygen atoms in total. The summed E-state index contributed by atoms with van der Waals surface area (Å²) in [6, 6.07) is 0. The molecule has 0 aromatic carbocycles. The number of carbonyl (C=O) groups excluding carboxylic acids is 1. The zero-order valence-electron chi connectivity index (χ0n) is 11.3. The van der Waals surface area contributed by atoms with Crippen molar-refractivity contribution in [1.29, 1.82) is 0 Å². The van der Waals surface area contributed by atoms with E-state index < -0.39 is 0 Å². The topological polar surface area (TPSA) is 49.3 Å². The molecule has 0 aliphatic rings. The Morgan fingerprint density at radius 3 is 2.31 bits per heavy atom. The molecule has 0 aromatic heterocycles. The number of hydrogen-bond donors (Lipinski definition) is 2. The van der Waals surface area contributed by atoms with E-state index in [-0.39, 0.29) is 23.8 Å². The fraction of sp³-hybridized carbons (Fsp3) is 0.923. The number of hydrogen-bond acceptors (Lipinski definition) is 2. The Morgan fingerprint density at radius 1 is 1.31 bits per heavy atom. The molecule has 0 fully saturated rings. The Balaban J connectivity index is 3.99. The normalized spacial score (nSPS) is 13.9. The monoisotopic (exact) mass is 229 g/mol.